The molecule has 0 aromatic heterocycles. The van der Waals surface area contributed by atoms with E-state index in [1.165, 1.54) is 48.6 Å². The van der Waals surface area contributed by atoms with Gasteiger partial charge < -0.3 is 5.11 Å². The highest BCUT2D eigenvalue weighted by atomic mass is 16.3. The molecule has 0 atom stereocenters. The summed E-state index contributed by atoms with van der Waals surface area (Å²) in [5.74, 6) is -1.32. The Hall–Kier alpha value is -3.14. The van der Waals surface area contributed by atoms with E-state index in [1.807, 2.05) is 25.2 Å². The molecule has 0 unspecified atom stereocenters. The van der Waals surface area contributed by atoms with Crippen LogP contribution >= 0.6 is 0 Å². The molecular weight excluding hydrogens is 386 g/mol. The number of aromatic hydroxyl groups is 1. The van der Waals surface area contributed by atoms with Crippen LogP contribution in [-0.2, 0) is 4.79 Å². The monoisotopic (exact) mass is 419 g/mol. The number of phenolic OH excluding ortho intramolecular Hbond substituents is 1. The van der Waals surface area contributed by atoms with Gasteiger partial charge in [0.25, 0.3) is 11.8 Å². The molecule has 1 aliphatic rings. The Morgan fingerprint density at radius 3 is 2.48 bits per heavy atom. The van der Waals surface area contributed by atoms with Crippen LogP contribution in [0.15, 0.2) is 83.0 Å². The molecule has 0 saturated carbocycles. The molecule has 0 fully saturated rings. The number of hydrogen-bond donors (Lipinski definition) is 2. The summed E-state index contributed by atoms with van der Waals surface area (Å²) in [5.41, 5.74) is 5.01. The standard InChI is InChI=1S/C27H33NO3/c1-19(15-16-23-21(3)12-9-17-27(23,4)5)10-8-11-20(2)18-25(30)28-26(31)22-13-6-7-14-24(22)29/h6-8,10-11,13-16,18,29H,9,12,17H2,1-5H3,(H,28,30,31). The molecule has 1 aliphatic carbocycles. The second-order valence-corrected chi connectivity index (χ2v) is 8.76. The van der Waals surface area contributed by atoms with E-state index in [0.29, 0.717) is 5.57 Å². The second-order valence-electron chi connectivity index (χ2n) is 8.76. The zero-order valence-corrected chi connectivity index (χ0v) is 19.2. The van der Waals surface area contributed by atoms with Crippen molar-refractivity contribution < 1.29 is 14.7 Å². The topological polar surface area (TPSA) is 66.4 Å². The van der Waals surface area contributed by atoms with Crippen LogP contribution in [0.2, 0.25) is 0 Å². The van der Waals surface area contributed by atoms with Crippen LogP contribution < -0.4 is 5.32 Å². The van der Waals surface area contributed by atoms with Crippen molar-refractivity contribution >= 4 is 11.8 Å². The second kappa shape index (κ2) is 10.8. The molecule has 4 heteroatoms. The fourth-order valence-electron chi connectivity index (χ4n) is 3.77. The fourth-order valence-corrected chi connectivity index (χ4v) is 3.77. The smallest absolute Gasteiger partial charge is 0.261 e. The van der Waals surface area contributed by atoms with Crippen molar-refractivity contribution in [1.82, 2.24) is 5.32 Å². The molecule has 0 saturated heterocycles. The first-order valence-corrected chi connectivity index (χ1v) is 10.6. The first-order valence-electron chi connectivity index (χ1n) is 10.6. The third-order valence-corrected chi connectivity index (χ3v) is 5.52. The summed E-state index contributed by atoms with van der Waals surface area (Å²) in [5, 5.41) is 12.0. The molecule has 2 amide bonds. The lowest BCUT2D eigenvalue weighted by Gasteiger charge is -2.32. The van der Waals surface area contributed by atoms with Crippen molar-refractivity contribution in [2.75, 3.05) is 0 Å². The molecule has 4 nitrogen and oxygen atoms in total. The fraction of sp³-hybridized carbons (Fsp3) is 0.333. The average molecular weight is 420 g/mol. The van der Waals surface area contributed by atoms with Crippen LogP contribution in [0, 0.1) is 5.41 Å². The van der Waals surface area contributed by atoms with Gasteiger partial charge in [0.15, 0.2) is 0 Å². The van der Waals surface area contributed by atoms with Crippen LogP contribution in [-0.4, -0.2) is 16.9 Å². The summed E-state index contributed by atoms with van der Waals surface area (Å²) < 4.78 is 0. The highest BCUT2D eigenvalue weighted by molar-refractivity contribution is 6.09. The number of rotatable bonds is 6. The van der Waals surface area contributed by atoms with Crippen molar-refractivity contribution in [2.45, 2.75) is 53.9 Å². The van der Waals surface area contributed by atoms with Gasteiger partial charge in [-0.25, -0.2) is 0 Å². The van der Waals surface area contributed by atoms with E-state index < -0.39 is 11.8 Å². The minimum atomic E-state index is -0.632. The number of hydrogen-bond acceptors (Lipinski definition) is 3. The summed E-state index contributed by atoms with van der Waals surface area (Å²) in [7, 11) is 0. The molecule has 0 spiro atoms. The van der Waals surface area contributed by atoms with Crippen LogP contribution in [0.1, 0.15) is 64.2 Å². The van der Waals surface area contributed by atoms with E-state index in [0.717, 1.165) is 5.57 Å². The quantitative estimate of drug-likeness (QED) is 0.427. The predicted octanol–water partition coefficient (Wildman–Crippen LogP) is 6.18. The van der Waals surface area contributed by atoms with E-state index in [-0.39, 0.29) is 16.7 Å². The third-order valence-electron chi connectivity index (χ3n) is 5.52. The Balaban J connectivity index is 1.97. The lowest BCUT2D eigenvalue weighted by atomic mass is 9.72. The Bertz CT molecular complexity index is 987. The lowest BCUT2D eigenvalue weighted by molar-refractivity contribution is -0.115. The number of carbonyl (C=O) groups excluding carboxylic acids is 2. The summed E-state index contributed by atoms with van der Waals surface area (Å²) in [6, 6.07) is 6.10. The molecule has 2 N–H and O–H groups in total. The first kappa shape index (κ1) is 24.1. The van der Waals surface area contributed by atoms with Crippen LogP contribution in [0.4, 0.5) is 0 Å². The molecule has 0 bridgehead atoms. The van der Waals surface area contributed by atoms with Gasteiger partial charge in [0.2, 0.25) is 0 Å². The molecule has 1 aromatic carbocycles. The summed E-state index contributed by atoms with van der Waals surface area (Å²) in [6.07, 6.45) is 15.0. The maximum absolute atomic E-state index is 12.1. The predicted molar refractivity (Wildman–Crippen MR) is 127 cm³/mol. The largest absolute Gasteiger partial charge is 0.507 e. The molecule has 1 aromatic rings. The number of phenols is 1. The van der Waals surface area contributed by atoms with Crippen molar-refractivity contribution in [3.63, 3.8) is 0 Å². The summed E-state index contributed by atoms with van der Waals surface area (Å²) >= 11 is 0. The van der Waals surface area contributed by atoms with Gasteiger partial charge in [0, 0.05) is 6.08 Å². The SMILES string of the molecule is CC(C=CC1=C(C)CCCC1(C)C)=CC=CC(C)=CC(=O)NC(=O)c1ccccc1O. The first-order chi connectivity index (χ1) is 14.6. The van der Waals surface area contributed by atoms with Crippen molar-refractivity contribution in [3.05, 3.63) is 88.6 Å². The maximum Gasteiger partial charge on any atom is 0.261 e. The van der Waals surface area contributed by atoms with Gasteiger partial charge >= 0.3 is 0 Å². The average Bonchev–Trinajstić information content (AvgIpc) is 2.67. The number of nitrogens with one attached hydrogen (secondary N) is 1. The molecule has 2 rings (SSSR count). The van der Waals surface area contributed by atoms with Crippen LogP contribution in [0.3, 0.4) is 0 Å². The summed E-state index contributed by atoms with van der Waals surface area (Å²) in [4.78, 5) is 24.1. The van der Waals surface area contributed by atoms with Gasteiger partial charge in [-0.05, 0) is 68.7 Å². The Kier molecular flexibility index (Phi) is 8.38. The number of amides is 2. The van der Waals surface area contributed by atoms with E-state index >= 15 is 0 Å². The van der Waals surface area contributed by atoms with Gasteiger partial charge in [-0.1, -0.05) is 67.5 Å². The maximum atomic E-state index is 12.1. The number of para-hydroxylation sites is 1. The van der Waals surface area contributed by atoms with Gasteiger partial charge in [0.1, 0.15) is 5.75 Å². The van der Waals surface area contributed by atoms with Crippen LogP contribution in [0.5, 0.6) is 5.75 Å². The van der Waals surface area contributed by atoms with Crippen molar-refractivity contribution in [2.24, 2.45) is 5.41 Å². The van der Waals surface area contributed by atoms with Crippen molar-refractivity contribution in [3.8, 4) is 5.75 Å². The number of allylic oxidation sites excluding steroid dienone is 9. The highest BCUT2D eigenvalue weighted by Crippen LogP contribution is 2.40. The molecule has 0 aliphatic heterocycles. The van der Waals surface area contributed by atoms with E-state index in [9.17, 15) is 14.7 Å². The normalized spacial score (nSPS) is 17.5. The van der Waals surface area contributed by atoms with E-state index in [4.69, 9.17) is 0 Å². The Morgan fingerprint density at radius 1 is 1.10 bits per heavy atom. The molecule has 0 radical (unpaired) electrons. The number of benzene rings is 1. The molecule has 31 heavy (non-hydrogen) atoms. The minimum Gasteiger partial charge on any atom is -0.507 e. The zero-order chi connectivity index (χ0) is 23.0. The lowest BCUT2D eigenvalue weighted by Crippen LogP contribution is -2.29. The van der Waals surface area contributed by atoms with Crippen LogP contribution in [0.25, 0.3) is 0 Å². The number of carbonyl (C=O) groups is 2. The van der Waals surface area contributed by atoms with Gasteiger partial charge in [-0.2, -0.15) is 0 Å². The zero-order valence-electron chi connectivity index (χ0n) is 19.2. The van der Waals surface area contributed by atoms with E-state index in [2.05, 4.69) is 38.2 Å². The van der Waals surface area contributed by atoms with Gasteiger partial charge in [-0.15, -0.1) is 0 Å². The van der Waals surface area contributed by atoms with E-state index in [1.54, 1.807) is 19.1 Å². The molecular formula is C27H33NO3. The minimum absolute atomic E-state index is 0.0642. The number of imide groups is 1. The highest BCUT2D eigenvalue weighted by Gasteiger charge is 2.26. The molecule has 164 valence electrons. The van der Waals surface area contributed by atoms with Crippen molar-refractivity contribution in [1.29, 1.82) is 0 Å². The summed E-state index contributed by atoms with van der Waals surface area (Å²) in [6.45, 7) is 10.7. The van der Waals surface area contributed by atoms with Gasteiger partial charge in [-0.3, -0.25) is 14.9 Å². The Labute approximate surface area is 185 Å². The Morgan fingerprint density at radius 2 is 1.81 bits per heavy atom. The van der Waals surface area contributed by atoms with Gasteiger partial charge in [0.05, 0.1) is 5.56 Å². The third kappa shape index (κ3) is 7.25. The molecule has 0 heterocycles.